The molecule has 6 N–H and O–H groups in total. The highest BCUT2D eigenvalue weighted by Gasteiger charge is 2.29. The minimum Gasteiger partial charge on any atom is -0.471 e. The average Bonchev–Trinajstić information content (AvgIpc) is 2.76. The highest BCUT2D eigenvalue weighted by molar-refractivity contribution is 5.95. The van der Waals surface area contributed by atoms with Gasteiger partial charge in [-0.1, -0.05) is 19.1 Å². The fraction of sp³-hybridized carbons (Fsp3) is 0.318. The molecule has 1 aliphatic carbocycles. The number of primary amides is 2. The molecule has 1 saturated carbocycles. The number of carbonyl (C=O) groups is 3. The van der Waals surface area contributed by atoms with Crippen molar-refractivity contribution in [1.82, 2.24) is 15.3 Å². The van der Waals surface area contributed by atoms with Crippen molar-refractivity contribution in [3.8, 4) is 5.88 Å². The molecule has 1 aliphatic rings. The summed E-state index contributed by atoms with van der Waals surface area (Å²) in [5, 5.41) is 5.88. The van der Waals surface area contributed by atoms with E-state index in [4.69, 9.17) is 16.2 Å². The van der Waals surface area contributed by atoms with Gasteiger partial charge in [0.1, 0.15) is 11.7 Å². The van der Waals surface area contributed by atoms with Gasteiger partial charge in [-0.3, -0.25) is 14.4 Å². The number of amides is 3. The first-order valence-corrected chi connectivity index (χ1v) is 10.2. The SMILES string of the molecule is C=CC(=O)NC1CCCCC1Oc1nc(Nc2cc(C(N)=O)ccc2C)ncc1C(N)=O. The quantitative estimate of drug-likeness (QED) is 0.456. The number of anilines is 2. The molecule has 2 atom stereocenters. The third-order valence-corrected chi connectivity index (χ3v) is 5.27. The van der Waals surface area contributed by atoms with Crippen LogP contribution in [0.5, 0.6) is 5.88 Å². The molecule has 1 fully saturated rings. The van der Waals surface area contributed by atoms with E-state index >= 15 is 0 Å². The van der Waals surface area contributed by atoms with Crippen LogP contribution in [0, 0.1) is 6.92 Å². The van der Waals surface area contributed by atoms with Gasteiger partial charge < -0.3 is 26.8 Å². The summed E-state index contributed by atoms with van der Waals surface area (Å²) < 4.78 is 6.06. The van der Waals surface area contributed by atoms with Gasteiger partial charge in [-0.15, -0.1) is 0 Å². The zero-order valence-electron chi connectivity index (χ0n) is 17.8. The highest BCUT2D eigenvalue weighted by Crippen LogP contribution is 2.27. The van der Waals surface area contributed by atoms with E-state index in [1.54, 1.807) is 18.2 Å². The van der Waals surface area contributed by atoms with Crippen LogP contribution in [0.25, 0.3) is 0 Å². The molecule has 1 aromatic heterocycles. The Morgan fingerprint density at radius 3 is 2.62 bits per heavy atom. The minimum atomic E-state index is -0.735. The first-order chi connectivity index (χ1) is 15.3. The molecule has 0 bridgehead atoms. The van der Waals surface area contributed by atoms with Crippen LogP contribution in [-0.4, -0.2) is 39.8 Å². The van der Waals surface area contributed by atoms with Crippen molar-refractivity contribution in [2.45, 2.75) is 44.8 Å². The van der Waals surface area contributed by atoms with Crippen LogP contribution in [0.3, 0.4) is 0 Å². The number of rotatable bonds is 8. The molecule has 2 unspecified atom stereocenters. The summed E-state index contributed by atoms with van der Waals surface area (Å²) in [6.07, 6.45) is 5.34. The number of nitrogens with zero attached hydrogens (tertiary/aromatic N) is 2. The molecule has 1 heterocycles. The predicted octanol–water partition coefficient (Wildman–Crippen LogP) is 1.72. The normalized spacial score (nSPS) is 17.8. The zero-order chi connectivity index (χ0) is 23.3. The predicted molar refractivity (Wildman–Crippen MR) is 119 cm³/mol. The van der Waals surface area contributed by atoms with E-state index in [0.717, 1.165) is 24.8 Å². The maximum Gasteiger partial charge on any atom is 0.255 e. The molecule has 10 heteroatoms. The number of carbonyl (C=O) groups excluding carboxylic acids is 3. The lowest BCUT2D eigenvalue weighted by molar-refractivity contribution is -0.118. The molecule has 10 nitrogen and oxygen atoms in total. The van der Waals surface area contributed by atoms with E-state index in [2.05, 4.69) is 27.2 Å². The summed E-state index contributed by atoms with van der Waals surface area (Å²) in [5.74, 6) is -1.43. The summed E-state index contributed by atoms with van der Waals surface area (Å²) in [6.45, 7) is 5.32. The van der Waals surface area contributed by atoms with Gasteiger partial charge in [-0.05, 0) is 50.0 Å². The molecule has 2 aromatic rings. The smallest absolute Gasteiger partial charge is 0.255 e. The summed E-state index contributed by atoms with van der Waals surface area (Å²) in [6, 6.07) is 4.70. The number of nitrogens with two attached hydrogens (primary N) is 2. The van der Waals surface area contributed by atoms with Gasteiger partial charge in [0.15, 0.2) is 0 Å². The number of nitrogens with one attached hydrogen (secondary N) is 2. The zero-order valence-corrected chi connectivity index (χ0v) is 17.8. The van der Waals surface area contributed by atoms with Crippen LogP contribution >= 0.6 is 0 Å². The average molecular weight is 438 g/mol. The molecule has 0 saturated heterocycles. The van der Waals surface area contributed by atoms with E-state index in [0.29, 0.717) is 17.7 Å². The van der Waals surface area contributed by atoms with Crippen molar-refractivity contribution in [1.29, 1.82) is 0 Å². The minimum absolute atomic E-state index is 0.0171. The molecular weight excluding hydrogens is 412 g/mol. The van der Waals surface area contributed by atoms with Crippen LogP contribution in [0.15, 0.2) is 37.1 Å². The van der Waals surface area contributed by atoms with Crippen molar-refractivity contribution < 1.29 is 19.1 Å². The van der Waals surface area contributed by atoms with Crippen LogP contribution in [0.2, 0.25) is 0 Å². The monoisotopic (exact) mass is 438 g/mol. The Morgan fingerprint density at radius 2 is 1.94 bits per heavy atom. The van der Waals surface area contributed by atoms with E-state index in [1.807, 2.05) is 6.92 Å². The Hall–Kier alpha value is -3.95. The Kier molecular flexibility index (Phi) is 7.04. The molecule has 168 valence electrons. The van der Waals surface area contributed by atoms with Crippen molar-refractivity contribution in [3.05, 3.63) is 53.7 Å². The van der Waals surface area contributed by atoms with Crippen LogP contribution in [-0.2, 0) is 4.79 Å². The standard InChI is InChI=1S/C22H26N6O4/c1-3-18(29)26-15-6-4-5-7-17(15)32-21-14(20(24)31)11-25-22(28-21)27-16-10-13(19(23)30)9-8-12(16)2/h3,8-11,15,17H,1,4-7H2,2H3,(H2,23,30)(H2,24,31)(H,26,29)(H,25,27,28). The third-order valence-electron chi connectivity index (χ3n) is 5.27. The molecule has 3 amide bonds. The van der Waals surface area contributed by atoms with E-state index < -0.39 is 17.9 Å². The summed E-state index contributed by atoms with van der Waals surface area (Å²) >= 11 is 0. The molecule has 3 rings (SSSR count). The lowest BCUT2D eigenvalue weighted by Gasteiger charge is -2.32. The summed E-state index contributed by atoms with van der Waals surface area (Å²) in [4.78, 5) is 43.7. The van der Waals surface area contributed by atoms with Gasteiger partial charge in [-0.25, -0.2) is 4.98 Å². The summed E-state index contributed by atoms with van der Waals surface area (Å²) in [7, 11) is 0. The first-order valence-electron chi connectivity index (χ1n) is 10.2. The van der Waals surface area contributed by atoms with Crippen molar-refractivity contribution >= 4 is 29.4 Å². The fourth-order valence-corrected chi connectivity index (χ4v) is 3.50. The second-order valence-corrected chi connectivity index (χ2v) is 7.56. The Bertz CT molecular complexity index is 1050. The Balaban J connectivity index is 1.89. The van der Waals surface area contributed by atoms with Gasteiger partial charge >= 0.3 is 0 Å². The molecule has 0 spiro atoms. The van der Waals surface area contributed by atoms with Crippen molar-refractivity contribution in [3.63, 3.8) is 0 Å². The fourth-order valence-electron chi connectivity index (χ4n) is 3.50. The van der Waals surface area contributed by atoms with Crippen LogP contribution in [0.1, 0.15) is 52.0 Å². The van der Waals surface area contributed by atoms with Crippen LogP contribution < -0.4 is 26.8 Å². The maximum atomic E-state index is 11.9. The number of aryl methyl sites for hydroxylation is 1. The second kappa shape index (κ2) is 9.90. The lowest BCUT2D eigenvalue weighted by atomic mass is 9.92. The van der Waals surface area contributed by atoms with Gasteiger partial charge in [0, 0.05) is 17.4 Å². The van der Waals surface area contributed by atoms with Gasteiger partial charge in [0.05, 0.1) is 6.04 Å². The number of hydrogen-bond donors (Lipinski definition) is 4. The molecule has 32 heavy (non-hydrogen) atoms. The maximum absolute atomic E-state index is 11.9. The van der Waals surface area contributed by atoms with E-state index in [1.165, 1.54) is 12.3 Å². The molecule has 1 aromatic carbocycles. The summed E-state index contributed by atoms with van der Waals surface area (Å²) in [5.41, 5.74) is 12.6. The topological polar surface area (TPSA) is 162 Å². The largest absolute Gasteiger partial charge is 0.471 e. The molecule has 0 aliphatic heterocycles. The van der Waals surface area contributed by atoms with Crippen LogP contribution in [0.4, 0.5) is 11.6 Å². The Morgan fingerprint density at radius 1 is 1.19 bits per heavy atom. The Labute approximate surface area is 185 Å². The first kappa shape index (κ1) is 22.7. The third kappa shape index (κ3) is 5.39. The number of aromatic nitrogens is 2. The molecular formula is C22H26N6O4. The van der Waals surface area contributed by atoms with Gasteiger partial charge in [-0.2, -0.15) is 4.98 Å². The van der Waals surface area contributed by atoms with Crippen molar-refractivity contribution in [2.24, 2.45) is 11.5 Å². The van der Waals surface area contributed by atoms with Gasteiger partial charge in [0.2, 0.25) is 23.6 Å². The van der Waals surface area contributed by atoms with Crippen molar-refractivity contribution in [2.75, 3.05) is 5.32 Å². The highest BCUT2D eigenvalue weighted by atomic mass is 16.5. The number of benzene rings is 1. The number of hydrogen-bond acceptors (Lipinski definition) is 7. The van der Waals surface area contributed by atoms with Gasteiger partial charge in [0.25, 0.3) is 5.91 Å². The molecule has 0 radical (unpaired) electrons. The van der Waals surface area contributed by atoms with E-state index in [9.17, 15) is 14.4 Å². The number of ether oxygens (including phenoxy) is 1. The van der Waals surface area contributed by atoms with E-state index in [-0.39, 0.29) is 29.3 Å². The lowest BCUT2D eigenvalue weighted by Crippen LogP contribution is -2.47. The second-order valence-electron chi connectivity index (χ2n) is 7.56.